The summed E-state index contributed by atoms with van der Waals surface area (Å²) in [6.45, 7) is 0. The number of nitrogens with zero attached hydrogens (tertiary/aromatic N) is 1. The smallest absolute Gasteiger partial charge is 0.316 e. The van der Waals surface area contributed by atoms with Crippen molar-refractivity contribution in [2.24, 2.45) is 5.84 Å². The molecule has 0 heterocycles. The minimum Gasteiger partial charge on any atom is -0.349 e. The van der Waals surface area contributed by atoms with Crippen molar-refractivity contribution in [1.82, 2.24) is 0 Å². The molecule has 2 aromatic rings. The van der Waals surface area contributed by atoms with Crippen LogP contribution in [0.3, 0.4) is 0 Å². The highest BCUT2D eigenvalue weighted by Crippen LogP contribution is 2.35. The van der Waals surface area contributed by atoms with E-state index in [1.165, 1.54) is 0 Å². The van der Waals surface area contributed by atoms with Crippen molar-refractivity contribution in [3.8, 4) is 0 Å². The molecule has 0 amide bonds. The zero-order valence-corrected chi connectivity index (χ0v) is 11.3. The van der Waals surface area contributed by atoms with Crippen LogP contribution in [0.15, 0.2) is 46.9 Å². The summed E-state index contributed by atoms with van der Waals surface area (Å²) in [4.78, 5) is 10.7. The number of nitro benzene ring substituents is 1. The molecule has 0 saturated heterocycles. The Bertz CT molecular complexity index is 618. The van der Waals surface area contributed by atoms with Gasteiger partial charge in [-0.25, -0.2) is 0 Å². The van der Waals surface area contributed by atoms with Crippen molar-refractivity contribution in [3.63, 3.8) is 0 Å². The molecular formula is C12H11BrN4O2. The fourth-order valence-corrected chi connectivity index (χ4v) is 2.05. The lowest BCUT2D eigenvalue weighted by Crippen LogP contribution is -2.10. The van der Waals surface area contributed by atoms with Gasteiger partial charge in [0.1, 0.15) is 11.4 Å². The molecule has 2 aromatic carbocycles. The van der Waals surface area contributed by atoms with Crippen molar-refractivity contribution in [1.29, 1.82) is 0 Å². The normalized spacial score (nSPS) is 10.0. The maximum atomic E-state index is 11.1. The molecule has 0 bridgehead atoms. The molecule has 0 aliphatic heterocycles. The predicted octanol–water partition coefficient (Wildman–Crippen LogP) is 3.39. The van der Waals surface area contributed by atoms with E-state index in [1.54, 1.807) is 18.2 Å². The second kappa shape index (κ2) is 5.68. The van der Waals surface area contributed by atoms with Crippen molar-refractivity contribution < 1.29 is 4.92 Å². The molecule has 0 aliphatic carbocycles. The fraction of sp³-hybridized carbons (Fsp3) is 0. The van der Waals surface area contributed by atoms with E-state index in [1.807, 2.05) is 24.3 Å². The number of nitrogen functional groups attached to an aromatic ring is 1. The van der Waals surface area contributed by atoms with Crippen LogP contribution >= 0.6 is 15.9 Å². The van der Waals surface area contributed by atoms with Gasteiger partial charge in [0.15, 0.2) is 0 Å². The average molecular weight is 323 g/mol. The number of benzene rings is 2. The minimum absolute atomic E-state index is 0.0965. The summed E-state index contributed by atoms with van der Waals surface area (Å²) in [5.74, 6) is 5.29. The highest BCUT2D eigenvalue weighted by atomic mass is 79.9. The summed E-state index contributed by atoms with van der Waals surface area (Å²) in [7, 11) is 0. The first-order valence-corrected chi connectivity index (χ1v) is 6.18. The van der Waals surface area contributed by atoms with E-state index in [4.69, 9.17) is 5.84 Å². The molecule has 0 spiro atoms. The monoisotopic (exact) mass is 322 g/mol. The van der Waals surface area contributed by atoms with Gasteiger partial charge in [-0.1, -0.05) is 18.2 Å². The average Bonchev–Trinajstić information content (AvgIpc) is 2.40. The third-order valence-corrected chi connectivity index (χ3v) is 3.21. The van der Waals surface area contributed by atoms with Crippen molar-refractivity contribution in [2.45, 2.75) is 0 Å². The largest absolute Gasteiger partial charge is 0.349 e. The topological polar surface area (TPSA) is 93.2 Å². The van der Waals surface area contributed by atoms with Gasteiger partial charge in [-0.3, -0.25) is 16.0 Å². The standard InChI is InChI=1S/C12H11BrN4O2/c13-8-4-1-2-5-9(8)15-10-6-3-7-11(16-14)12(10)17(18)19/h1-7,15-16H,14H2. The number of nitro groups is 1. The molecule has 0 aliphatic rings. The SMILES string of the molecule is NNc1cccc(Nc2ccccc2Br)c1[N+](=O)[O-]. The van der Waals surface area contributed by atoms with Crippen LogP contribution in [-0.2, 0) is 0 Å². The molecule has 2 rings (SSSR count). The Morgan fingerprint density at radius 3 is 2.32 bits per heavy atom. The first-order valence-electron chi connectivity index (χ1n) is 5.39. The van der Waals surface area contributed by atoms with Gasteiger partial charge in [0, 0.05) is 4.47 Å². The lowest BCUT2D eigenvalue weighted by molar-refractivity contribution is -0.383. The summed E-state index contributed by atoms with van der Waals surface area (Å²) >= 11 is 3.38. The second-order valence-electron chi connectivity index (χ2n) is 3.71. The van der Waals surface area contributed by atoms with Crippen LogP contribution in [0.25, 0.3) is 0 Å². The Labute approximate surface area is 117 Å². The summed E-state index contributed by atoms with van der Waals surface area (Å²) < 4.78 is 0.815. The number of hydrazine groups is 1. The number of anilines is 3. The van der Waals surface area contributed by atoms with Crippen molar-refractivity contribution in [3.05, 3.63) is 57.1 Å². The van der Waals surface area contributed by atoms with Gasteiger partial charge in [-0.05, 0) is 40.2 Å². The van der Waals surface area contributed by atoms with Crippen LogP contribution in [0.5, 0.6) is 0 Å². The van der Waals surface area contributed by atoms with Gasteiger partial charge in [0.25, 0.3) is 0 Å². The molecule has 0 saturated carbocycles. The van der Waals surface area contributed by atoms with Crippen molar-refractivity contribution in [2.75, 3.05) is 10.7 Å². The Kier molecular flexibility index (Phi) is 3.98. The van der Waals surface area contributed by atoms with Gasteiger partial charge >= 0.3 is 5.69 Å². The molecule has 0 fully saturated rings. The number of hydrogen-bond donors (Lipinski definition) is 3. The lowest BCUT2D eigenvalue weighted by Gasteiger charge is -2.11. The Balaban J connectivity index is 2.46. The van der Waals surface area contributed by atoms with E-state index < -0.39 is 4.92 Å². The molecular weight excluding hydrogens is 312 g/mol. The van der Waals surface area contributed by atoms with Gasteiger partial charge in [-0.15, -0.1) is 0 Å². The quantitative estimate of drug-likeness (QED) is 0.455. The number of hydrogen-bond acceptors (Lipinski definition) is 5. The van der Waals surface area contributed by atoms with E-state index in [9.17, 15) is 10.1 Å². The van der Waals surface area contributed by atoms with Crippen LogP contribution in [0.4, 0.5) is 22.7 Å². The van der Waals surface area contributed by atoms with E-state index in [2.05, 4.69) is 26.7 Å². The summed E-state index contributed by atoms with van der Waals surface area (Å²) in [6.07, 6.45) is 0. The van der Waals surface area contributed by atoms with E-state index in [0.29, 0.717) is 5.69 Å². The number of nitrogens with two attached hydrogens (primary N) is 1. The maximum Gasteiger partial charge on any atom is 0.316 e. The van der Waals surface area contributed by atoms with E-state index in [0.717, 1.165) is 10.2 Å². The molecule has 19 heavy (non-hydrogen) atoms. The molecule has 0 unspecified atom stereocenters. The first kappa shape index (κ1) is 13.3. The minimum atomic E-state index is -0.478. The fourth-order valence-electron chi connectivity index (χ4n) is 1.67. The number of nitrogens with one attached hydrogen (secondary N) is 2. The van der Waals surface area contributed by atoms with Crippen LogP contribution in [0.2, 0.25) is 0 Å². The highest BCUT2D eigenvalue weighted by Gasteiger charge is 2.19. The highest BCUT2D eigenvalue weighted by molar-refractivity contribution is 9.10. The van der Waals surface area contributed by atoms with E-state index in [-0.39, 0.29) is 11.4 Å². The third-order valence-electron chi connectivity index (χ3n) is 2.52. The Morgan fingerprint density at radius 1 is 1.05 bits per heavy atom. The molecule has 0 aromatic heterocycles. The summed E-state index contributed by atoms with van der Waals surface area (Å²) in [6, 6.07) is 12.2. The van der Waals surface area contributed by atoms with Gasteiger partial charge in [0.2, 0.25) is 0 Å². The molecule has 0 atom stereocenters. The Morgan fingerprint density at radius 2 is 1.68 bits per heavy atom. The van der Waals surface area contributed by atoms with Crippen molar-refractivity contribution >= 4 is 38.7 Å². The first-order chi connectivity index (χ1) is 9.13. The molecule has 6 nitrogen and oxygen atoms in total. The van der Waals surface area contributed by atoms with Gasteiger partial charge in [0.05, 0.1) is 10.6 Å². The van der Waals surface area contributed by atoms with Crippen LogP contribution in [0.1, 0.15) is 0 Å². The zero-order chi connectivity index (χ0) is 13.8. The maximum absolute atomic E-state index is 11.1. The number of rotatable bonds is 4. The second-order valence-corrected chi connectivity index (χ2v) is 4.56. The molecule has 7 heteroatoms. The molecule has 4 N–H and O–H groups in total. The molecule has 0 radical (unpaired) electrons. The van der Waals surface area contributed by atoms with Gasteiger partial charge < -0.3 is 10.7 Å². The third kappa shape index (κ3) is 2.83. The van der Waals surface area contributed by atoms with Crippen LogP contribution in [-0.4, -0.2) is 4.92 Å². The van der Waals surface area contributed by atoms with Crippen LogP contribution in [0, 0.1) is 10.1 Å². The van der Waals surface area contributed by atoms with Crippen LogP contribution < -0.4 is 16.6 Å². The number of para-hydroxylation sites is 2. The van der Waals surface area contributed by atoms with Gasteiger partial charge in [-0.2, -0.15) is 0 Å². The number of halogens is 1. The van der Waals surface area contributed by atoms with E-state index >= 15 is 0 Å². The Hall–Kier alpha value is -2.12. The zero-order valence-electron chi connectivity index (χ0n) is 9.76. The summed E-state index contributed by atoms with van der Waals surface area (Å²) in [5.41, 5.74) is 3.58. The lowest BCUT2D eigenvalue weighted by atomic mass is 10.2. The molecule has 98 valence electrons. The summed E-state index contributed by atoms with van der Waals surface area (Å²) in [5, 5.41) is 14.1. The predicted molar refractivity (Wildman–Crippen MR) is 78.3 cm³/mol.